The summed E-state index contributed by atoms with van der Waals surface area (Å²) < 4.78 is 111. The van der Waals surface area contributed by atoms with Crippen LogP contribution in [-0.4, -0.2) is 58.0 Å². The lowest BCUT2D eigenvalue weighted by molar-refractivity contribution is -0.182. The molecule has 0 radical (unpaired) electrons. The molecule has 2 N–H and O–H groups in total. The molecule has 1 saturated heterocycles. The van der Waals surface area contributed by atoms with E-state index in [1.165, 1.54) is 0 Å². The van der Waals surface area contributed by atoms with Crippen LogP contribution in [-0.2, 0) is 4.57 Å². The first-order chi connectivity index (χ1) is 11.1. The van der Waals surface area contributed by atoms with Crippen molar-refractivity contribution in [3.63, 3.8) is 0 Å². The van der Waals surface area contributed by atoms with Crippen molar-refractivity contribution in [3.8, 4) is 0 Å². The molecule has 1 aliphatic rings. The highest BCUT2D eigenvalue weighted by atomic mass is 31.1. The van der Waals surface area contributed by atoms with Gasteiger partial charge in [0.2, 0.25) is 0 Å². The van der Waals surface area contributed by atoms with Crippen molar-refractivity contribution in [2.75, 3.05) is 13.1 Å². The maximum Gasteiger partial charge on any atom is 0.692 e. The van der Waals surface area contributed by atoms with Gasteiger partial charge in [0.05, 0.1) is 6.54 Å². The molecule has 1 aliphatic heterocycles. The molecule has 1 rings (SSSR count). The third-order valence-corrected chi connectivity index (χ3v) is 3.81. The van der Waals surface area contributed by atoms with E-state index in [0.29, 0.717) is 12.8 Å². The lowest BCUT2D eigenvalue weighted by Gasteiger charge is -2.47. The van der Waals surface area contributed by atoms with E-state index in [1.807, 2.05) is 0 Å². The summed E-state index contributed by atoms with van der Waals surface area (Å²) in [6.45, 7) is -0.372. The van der Waals surface area contributed by atoms with Crippen LogP contribution in [0, 0.1) is 0 Å². The summed E-state index contributed by atoms with van der Waals surface area (Å²) in [5.41, 5.74) is -1.66. The van der Waals surface area contributed by atoms with Gasteiger partial charge >= 0.3 is 33.0 Å². The molecule has 1 unspecified atom stereocenters. The molecule has 1 atom stereocenters. The second kappa shape index (κ2) is 9.38. The Balaban J connectivity index is 0.00000129. The Morgan fingerprint density at radius 1 is 1.04 bits per heavy atom. The highest BCUT2D eigenvalue weighted by Crippen LogP contribution is 2.41. The fourth-order valence-corrected chi connectivity index (χ4v) is 2.62. The van der Waals surface area contributed by atoms with Gasteiger partial charge in [-0.2, -0.15) is 8.78 Å². The molecule has 13 heteroatoms. The van der Waals surface area contributed by atoms with Crippen LogP contribution in [0.15, 0.2) is 0 Å². The summed E-state index contributed by atoms with van der Waals surface area (Å²) >= 11 is 0. The summed E-state index contributed by atoms with van der Waals surface area (Å²) in [6.07, 6.45) is -8.44. The Labute approximate surface area is 139 Å². The Hall–Kier alpha value is -0.580. The smallest absolute Gasteiger partial charge is 0.292 e. The molecule has 4 nitrogen and oxygen atoms in total. The average molecular weight is 408 g/mol. The van der Waals surface area contributed by atoms with Gasteiger partial charge in [-0.3, -0.25) is 4.90 Å². The number of alkyl halides is 8. The Kier molecular flexibility index (Phi) is 9.17. The van der Waals surface area contributed by atoms with Gasteiger partial charge in [0.25, 0.3) is 0 Å². The zero-order valence-electron chi connectivity index (χ0n) is 13.1. The monoisotopic (exact) mass is 408 g/mol. The normalized spacial score (nSPS) is 22.8. The first-order valence-corrected chi connectivity index (χ1v) is 8.22. The van der Waals surface area contributed by atoms with Crippen LogP contribution in [0.25, 0.3) is 0 Å². The average Bonchev–Trinajstić information content (AvgIpc) is 2.39. The van der Waals surface area contributed by atoms with E-state index >= 15 is 0 Å². The SMILES string of the molecule is CC1(CC(F)(F)C(F)F)CCCCN1CC(F)(F)C(F)F.O=[P+](O)O. The molecule has 1 heterocycles. The van der Waals surface area contributed by atoms with E-state index in [2.05, 4.69) is 0 Å². The number of nitrogens with zero attached hydrogens (tertiary/aromatic N) is 1. The van der Waals surface area contributed by atoms with E-state index in [1.54, 1.807) is 0 Å². The van der Waals surface area contributed by atoms with Gasteiger partial charge in [-0.05, 0) is 26.3 Å². The first-order valence-electron chi connectivity index (χ1n) is 7.06. The van der Waals surface area contributed by atoms with Crippen molar-refractivity contribution < 1.29 is 49.5 Å². The fourth-order valence-electron chi connectivity index (χ4n) is 2.62. The molecule has 0 aromatic carbocycles. The number of piperidine rings is 1. The minimum Gasteiger partial charge on any atom is -0.292 e. The predicted molar refractivity (Wildman–Crippen MR) is 72.4 cm³/mol. The van der Waals surface area contributed by atoms with Gasteiger partial charge in [0.1, 0.15) is 0 Å². The van der Waals surface area contributed by atoms with Crippen LogP contribution in [0.1, 0.15) is 32.6 Å². The molecule has 0 bridgehead atoms. The van der Waals surface area contributed by atoms with E-state index in [9.17, 15) is 35.1 Å². The molecule has 0 aliphatic carbocycles. The van der Waals surface area contributed by atoms with Crippen molar-refractivity contribution in [3.05, 3.63) is 0 Å². The van der Waals surface area contributed by atoms with Crippen molar-refractivity contribution in [1.82, 2.24) is 4.90 Å². The molecular formula is C12H19F8NO3P+. The molecule has 1 fully saturated rings. The second-order valence-electron chi connectivity index (χ2n) is 5.93. The molecule has 0 saturated carbocycles. The van der Waals surface area contributed by atoms with Crippen LogP contribution in [0.5, 0.6) is 0 Å². The summed E-state index contributed by atoms with van der Waals surface area (Å²) in [7, 11) is -2.87. The summed E-state index contributed by atoms with van der Waals surface area (Å²) in [5, 5.41) is 0. The lowest BCUT2D eigenvalue weighted by atomic mass is 9.83. The Bertz CT molecular complexity index is 437. The van der Waals surface area contributed by atoms with Crippen molar-refractivity contribution in [1.29, 1.82) is 0 Å². The molecule has 0 aromatic heterocycles. The topological polar surface area (TPSA) is 60.8 Å². The van der Waals surface area contributed by atoms with E-state index in [4.69, 9.17) is 14.4 Å². The van der Waals surface area contributed by atoms with Crippen LogP contribution in [0.3, 0.4) is 0 Å². The van der Waals surface area contributed by atoms with Gasteiger partial charge in [-0.1, -0.05) is 6.42 Å². The van der Waals surface area contributed by atoms with Gasteiger partial charge in [-0.15, -0.1) is 9.79 Å². The molecular weight excluding hydrogens is 389 g/mol. The van der Waals surface area contributed by atoms with Gasteiger partial charge in [0.15, 0.2) is 0 Å². The molecule has 0 amide bonds. The van der Waals surface area contributed by atoms with Crippen LogP contribution < -0.4 is 0 Å². The number of hydrogen-bond acceptors (Lipinski definition) is 2. The van der Waals surface area contributed by atoms with Gasteiger partial charge < -0.3 is 0 Å². The Morgan fingerprint density at radius 3 is 1.88 bits per heavy atom. The zero-order valence-corrected chi connectivity index (χ0v) is 14.0. The summed E-state index contributed by atoms with van der Waals surface area (Å²) in [5.74, 6) is -8.71. The quantitative estimate of drug-likeness (QED) is 0.514. The lowest BCUT2D eigenvalue weighted by Crippen LogP contribution is -2.57. The standard InChI is InChI=1S/C12H17F8N.HO3P/c1-10(6-11(17,18)8(13)14)4-2-3-5-21(10)7-12(19,20)9(15)16;1-4(2)3/h8-9H,2-7H2,1H3;(H-,1,2,3)/p+1. The number of rotatable bonds is 6. The third-order valence-electron chi connectivity index (χ3n) is 3.81. The Morgan fingerprint density at radius 2 is 1.48 bits per heavy atom. The van der Waals surface area contributed by atoms with E-state index < -0.39 is 51.5 Å². The van der Waals surface area contributed by atoms with Crippen molar-refractivity contribution in [2.24, 2.45) is 0 Å². The molecule has 25 heavy (non-hydrogen) atoms. The minimum absolute atomic E-state index is 0.0192. The predicted octanol–water partition coefficient (Wildman–Crippen LogP) is 4.05. The molecule has 0 spiro atoms. The van der Waals surface area contributed by atoms with Crippen LogP contribution >= 0.6 is 8.25 Å². The summed E-state index contributed by atoms with van der Waals surface area (Å²) in [6, 6.07) is 0. The van der Waals surface area contributed by atoms with Gasteiger partial charge in [-0.25, -0.2) is 26.3 Å². The van der Waals surface area contributed by atoms with Crippen molar-refractivity contribution in [2.45, 2.75) is 62.8 Å². The largest absolute Gasteiger partial charge is 0.692 e. The highest BCUT2D eigenvalue weighted by Gasteiger charge is 2.52. The van der Waals surface area contributed by atoms with E-state index in [0.717, 1.165) is 11.8 Å². The zero-order chi connectivity index (χ0) is 20.1. The highest BCUT2D eigenvalue weighted by molar-refractivity contribution is 7.30. The van der Waals surface area contributed by atoms with Gasteiger partial charge in [0, 0.05) is 16.5 Å². The maximum atomic E-state index is 13.2. The van der Waals surface area contributed by atoms with Crippen LogP contribution in [0.2, 0.25) is 0 Å². The second-order valence-corrected chi connectivity index (χ2v) is 6.43. The number of halogens is 8. The summed E-state index contributed by atoms with van der Waals surface area (Å²) in [4.78, 5) is 15.0. The van der Waals surface area contributed by atoms with Crippen molar-refractivity contribution >= 4 is 8.25 Å². The molecule has 0 aromatic rings. The maximum absolute atomic E-state index is 13.2. The number of likely N-dealkylation sites (tertiary alicyclic amines) is 1. The number of hydrogen-bond donors (Lipinski definition) is 2. The van der Waals surface area contributed by atoms with E-state index in [-0.39, 0.29) is 13.0 Å². The first kappa shape index (κ1) is 24.4. The third kappa shape index (κ3) is 8.10. The minimum atomic E-state index is -4.36. The van der Waals surface area contributed by atoms with Crippen LogP contribution in [0.4, 0.5) is 35.1 Å². The molecule has 150 valence electrons. The fraction of sp³-hybridized carbons (Fsp3) is 1.00.